The molecule has 2 aliphatic rings. The van der Waals surface area contributed by atoms with Gasteiger partial charge in [-0.15, -0.1) is 5.54 Å². The van der Waals surface area contributed by atoms with E-state index in [1.807, 2.05) is 0 Å². The minimum atomic E-state index is -1.97. The van der Waals surface area contributed by atoms with Gasteiger partial charge in [0.2, 0.25) is 5.95 Å². The largest absolute Gasteiger partial charge is 0.491 e. The topological polar surface area (TPSA) is 75.5 Å². The van der Waals surface area contributed by atoms with Crippen LogP contribution < -0.4 is 20.5 Å². The molecule has 0 atom stereocenters. The highest BCUT2D eigenvalue weighted by molar-refractivity contribution is 6.90. The van der Waals surface area contributed by atoms with Gasteiger partial charge in [-0.25, -0.2) is 4.98 Å². The Morgan fingerprint density at radius 2 is 1.64 bits per heavy atom. The van der Waals surface area contributed by atoms with Gasteiger partial charge in [-0.3, -0.25) is 9.36 Å². The highest BCUT2D eigenvalue weighted by atomic mass is 28.3. The fraction of sp³-hybridized carbons (Fsp3) is 0.583. The fourth-order valence-corrected chi connectivity index (χ4v) is 12.7. The molecule has 2 aromatic heterocycles. The summed E-state index contributed by atoms with van der Waals surface area (Å²) >= 11 is 0. The number of anilines is 3. The zero-order valence-electron chi connectivity index (χ0n) is 28.6. The molecule has 0 amide bonds. The number of ether oxygens (including phenoxy) is 1. The van der Waals surface area contributed by atoms with Crippen molar-refractivity contribution in [1.29, 1.82) is 0 Å². The number of fused-ring (bicyclic) bond motifs is 1. The minimum Gasteiger partial charge on any atom is -0.491 e. The number of hydrogen-bond acceptors (Lipinski definition) is 7. The van der Waals surface area contributed by atoms with Crippen molar-refractivity contribution >= 4 is 36.4 Å². The van der Waals surface area contributed by atoms with Crippen LogP contribution in [0, 0.1) is 17.4 Å². The van der Waals surface area contributed by atoms with Crippen LogP contribution in [0.2, 0.25) is 16.6 Å². The van der Waals surface area contributed by atoms with E-state index in [-0.39, 0.29) is 5.56 Å². The molecular weight excluding hydrogens is 577 g/mol. The molecule has 1 saturated heterocycles. The van der Waals surface area contributed by atoms with Crippen LogP contribution in [-0.2, 0) is 7.05 Å². The van der Waals surface area contributed by atoms with Crippen molar-refractivity contribution in [1.82, 2.24) is 19.4 Å². The van der Waals surface area contributed by atoms with Gasteiger partial charge in [0.15, 0.2) is 0 Å². The number of pyridine rings is 1. The number of aryl methyl sites for hydroxylation is 1. The fourth-order valence-electron chi connectivity index (χ4n) is 7.52. The molecule has 1 aromatic carbocycles. The number of nitrogens with one attached hydrogen (secondary N) is 1. The smallest absolute Gasteiger partial charge is 0.253 e. The Morgan fingerprint density at radius 3 is 2.29 bits per heavy atom. The van der Waals surface area contributed by atoms with Crippen LogP contribution in [0.5, 0.6) is 5.75 Å². The van der Waals surface area contributed by atoms with Crippen molar-refractivity contribution in [3.8, 4) is 17.2 Å². The van der Waals surface area contributed by atoms with E-state index in [1.165, 1.54) is 25.7 Å². The van der Waals surface area contributed by atoms with Crippen LogP contribution in [0.1, 0.15) is 72.8 Å². The maximum Gasteiger partial charge on any atom is 0.253 e. The SMILES string of the molecule is CC(C)[Si](C#Cc1cc(=O)n(C)c2nc(Nc3ccc(N4CCN(C)CC4)c(OCC4CCCC4)c3)ncc12)(C(C)C)C(C)C. The lowest BCUT2D eigenvalue weighted by molar-refractivity contribution is 0.251. The molecule has 5 rings (SSSR count). The summed E-state index contributed by atoms with van der Waals surface area (Å²) in [5, 5.41) is 4.19. The summed E-state index contributed by atoms with van der Waals surface area (Å²) in [6.07, 6.45) is 6.88. The van der Waals surface area contributed by atoms with E-state index in [2.05, 4.69) is 93.4 Å². The van der Waals surface area contributed by atoms with Gasteiger partial charge in [0.1, 0.15) is 19.5 Å². The molecule has 45 heavy (non-hydrogen) atoms. The van der Waals surface area contributed by atoms with Crippen molar-refractivity contribution in [3.63, 3.8) is 0 Å². The Kier molecular flexibility index (Phi) is 10.2. The number of hydrogen-bond donors (Lipinski definition) is 1. The van der Waals surface area contributed by atoms with Crippen molar-refractivity contribution in [2.45, 2.75) is 83.8 Å². The maximum absolute atomic E-state index is 13.1. The number of rotatable bonds is 9. The first kappa shape index (κ1) is 33.0. The standard InChI is InChI=1S/C36H52N6O2Si/c1-25(2)45(26(3)4,27(5)6)20-15-29-21-34(43)41(8)35-31(29)23-37-36(39-35)38-30-13-14-32(42-18-16-40(7)17-19-42)33(22-30)44-24-28-11-9-10-12-28/h13-14,21-23,25-28H,9-12,16-19,24H2,1-8H3,(H,37,38,39). The molecule has 1 N–H and O–H groups in total. The van der Waals surface area contributed by atoms with Crippen LogP contribution >= 0.6 is 0 Å². The Labute approximate surface area is 270 Å². The molecule has 3 heterocycles. The lowest BCUT2D eigenvalue weighted by atomic mass is 10.1. The summed E-state index contributed by atoms with van der Waals surface area (Å²) in [5.41, 5.74) is 8.43. The second kappa shape index (κ2) is 14.0. The van der Waals surface area contributed by atoms with E-state index >= 15 is 0 Å². The summed E-state index contributed by atoms with van der Waals surface area (Å²) in [6.45, 7) is 18.6. The number of likely N-dealkylation sites (N-methyl/N-ethyl adjacent to an activating group) is 1. The third kappa shape index (κ3) is 7.07. The highest BCUT2D eigenvalue weighted by Gasteiger charge is 2.41. The first-order valence-electron chi connectivity index (χ1n) is 16.9. The third-order valence-corrected chi connectivity index (χ3v) is 16.6. The van der Waals surface area contributed by atoms with Crippen LogP contribution in [0.3, 0.4) is 0 Å². The van der Waals surface area contributed by atoms with E-state index in [4.69, 9.17) is 14.7 Å². The number of aromatic nitrogens is 3. The van der Waals surface area contributed by atoms with Crippen LogP contribution in [0.4, 0.5) is 17.3 Å². The Bertz CT molecular complexity index is 1590. The second-order valence-electron chi connectivity index (χ2n) is 14.1. The van der Waals surface area contributed by atoms with E-state index in [0.717, 1.165) is 55.3 Å². The minimum absolute atomic E-state index is 0.124. The highest BCUT2D eigenvalue weighted by Crippen LogP contribution is 2.41. The Morgan fingerprint density at radius 1 is 0.978 bits per heavy atom. The third-order valence-electron chi connectivity index (χ3n) is 10.3. The lowest BCUT2D eigenvalue weighted by Gasteiger charge is -2.38. The van der Waals surface area contributed by atoms with Gasteiger partial charge in [-0.1, -0.05) is 60.3 Å². The van der Waals surface area contributed by atoms with Crippen molar-refractivity contribution in [3.05, 3.63) is 46.4 Å². The van der Waals surface area contributed by atoms with Gasteiger partial charge in [0.05, 0.1) is 17.7 Å². The first-order valence-corrected chi connectivity index (χ1v) is 19.1. The lowest BCUT2D eigenvalue weighted by Crippen LogP contribution is -2.44. The van der Waals surface area contributed by atoms with Crippen LogP contribution in [0.25, 0.3) is 11.0 Å². The van der Waals surface area contributed by atoms with Gasteiger partial charge in [-0.05, 0) is 54.6 Å². The van der Waals surface area contributed by atoms with E-state index in [0.29, 0.717) is 39.7 Å². The summed E-state index contributed by atoms with van der Waals surface area (Å²) in [4.78, 5) is 27.4. The molecule has 3 aromatic rings. The van der Waals surface area contributed by atoms with Crippen molar-refractivity contribution in [2.24, 2.45) is 13.0 Å². The summed E-state index contributed by atoms with van der Waals surface area (Å²) in [7, 11) is 1.96. The van der Waals surface area contributed by atoms with Crippen molar-refractivity contribution < 1.29 is 4.74 Å². The first-order chi connectivity index (χ1) is 21.5. The molecule has 0 unspecified atom stereocenters. The quantitative estimate of drug-likeness (QED) is 0.203. The molecule has 1 aliphatic heterocycles. The van der Waals surface area contributed by atoms with Crippen LogP contribution in [-0.4, -0.2) is 67.3 Å². The molecule has 8 nitrogen and oxygen atoms in total. The van der Waals surface area contributed by atoms with Gasteiger partial charge in [0, 0.05) is 62.8 Å². The predicted molar refractivity (Wildman–Crippen MR) is 190 cm³/mol. The Hall–Kier alpha value is -3.35. The summed E-state index contributed by atoms with van der Waals surface area (Å²) in [6, 6.07) is 7.93. The number of piperazine rings is 1. The average Bonchev–Trinajstić information content (AvgIpc) is 3.53. The van der Waals surface area contributed by atoms with Gasteiger partial charge in [0.25, 0.3) is 5.56 Å². The molecular formula is C36H52N6O2Si. The van der Waals surface area contributed by atoms with Gasteiger partial charge in [-0.2, -0.15) is 4.98 Å². The molecule has 0 radical (unpaired) electrons. The molecule has 9 heteroatoms. The summed E-state index contributed by atoms with van der Waals surface area (Å²) in [5.74, 6) is 5.43. The summed E-state index contributed by atoms with van der Waals surface area (Å²) < 4.78 is 8.09. The molecule has 2 fully saturated rings. The van der Waals surface area contributed by atoms with Crippen molar-refractivity contribution in [2.75, 3.05) is 50.1 Å². The van der Waals surface area contributed by atoms with E-state index in [1.54, 1.807) is 23.9 Å². The number of benzene rings is 1. The zero-order valence-corrected chi connectivity index (χ0v) is 29.6. The average molecular weight is 629 g/mol. The molecule has 0 bridgehead atoms. The number of nitrogens with zero attached hydrogens (tertiary/aromatic N) is 5. The molecule has 242 valence electrons. The van der Waals surface area contributed by atoms with E-state index < -0.39 is 8.07 Å². The molecule has 0 spiro atoms. The zero-order chi connectivity index (χ0) is 32.3. The maximum atomic E-state index is 13.1. The Balaban J connectivity index is 1.47. The van der Waals surface area contributed by atoms with E-state index in [9.17, 15) is 4.79 Å². The monoisotopic (exact) mass is 628 g/mol. The van der Waals surface area contributed by atoms with Crippen LogP contribution in [0.15, 0.2) is 35.3 Å². The van der Waals surface area contributed by atoms with Gasteiger partial charge < -0.3 is 19.9 Å². The molecule has 1 aliphatic carbocycles. The normalized spacial score (nSPS) is 16.6. The second-order valence-corrected chi connectivity index (χ2v) is 19.7. The van der Waals surface area contributed by atoms with Gasteiger partial charge >= 0.3 is 0 Å². The molecule has 1 saturated carbocycles. The predicted octanol–water partition coefficient (Wildman–Crippen LogP) is 6.96.